The Morgan fingerprint density at radius 1 is 1.33 bits per heavy atom. The van der Waals surface area contributed by atoms with Crippen molar-refractivity contribution < 1.29 is 9.84 Å². The van der Waals surface area contributed by atoms with Gasteiger partial charge in [-0.1, -0.05) is 13.8 Å². The first kappa shape index (κ1) is 15.7. The van der Waals surface area contributed by atoms with Crippen molar-refractivity contribution in [3.05, 3.63) is 0 Å². The second-order valence-electron chi connectivity index (χ2n) is 8.09. The molecule has 0 spiro atoms. The highest BCUT2D eigenvalue weighted by Gasteiger charge is 2.45. The number of nitrogens with zero attached hydrogens (tertiary/aromatic N) is 1. The Morgan fingerprint density at radius 2 is 2.19 bits per heavy atom. The largest absolute Gasteiger partial charge is 0.393 e. The van der Waals surface area contributed by atoms with Crippen LogP contribution in [0.3, 0.4) is 0 Å². The van der Waals surface area contributed by atoms with E-state index in [-0.39, 0.29) is 6.10 Å². The summed E-state index contributed by atoms with van der Waals surface area (Å²) in [6.45, 7) is 11.9. The SMILES string of the molecule is CC(C)CNCC1(CN2CC3CCC(O)C3C2)CCOC1. The molecule has 3 fully saturated rings. The highest BCUT2D eigenvalue weighted by Crippen LogP contribution is 2.40. The van der Waals surface area contributed by atoms with Crippen molar-refractivity contribution in [2.45, 2.75) is 39.2 Å². The van der Waals surface area contributed by atoms with Crippen LogP contribution in [-0.4, -0.2) is 62.0 Å². The van der Waals surface area contributed by atoms with Crippen LogP contribution in [-0.2, 0) is 4.74 Å². The summed E-state index contributed by atoms with van der Waals surface area (Å²) in [6.07, 6.45) is 3.37. The average molecular weight is 296 g/mol. The molecule has 0 aromatic carbocycles. The molecule has 0 aromatic rings. The Balaban J connectivity index is 1.53. The van der Waals surface area contributed by atoms with Crippen molar-refractivity contribution in [2.75, 3.05) is 45.9 Å². The molecule has 3 aliphatic rings. The molecule has 1 aliphatic carbocycles. The molecule has 21 heavy (non-hydrogen) atoms. The first-order chi connectivity index (χ1) is 10.1. The van der Waals surface area contributed by atoms with Crippen molar-refractivity contribution in [3.63, 3.8) is 0 Å². The number of likely N-dealkylation sites (tertiary alicyclic amines) is 1. The average Bonchev–Trinajstić information content (AvgIpc) is 3.10. The molecule has 2 aliphatic heterocycles. The van der Waals surface area contributed by atoms with Gasteiger partial charge in [0.05, 0.1) is 12.7 Å². The molecule has 0 amide bonds. The predicted molar refractivity (Wildman–Crippen MR) is 84.2 cm³/mol. The minimum absolute atomic E-state index is 0.0464. The number of hydrogen-bond donors (Lipinski definition) is 2. The zero-order valence-electron chi connectivity index (χ0n) is 13.7. The van der Waals surface area contributed by atoms with Crippen molar-refractivity contribution in [1.82, 2.24) is 10.2 Å². The molecule has 4 nitrogen and oxygen atoms in total. The van der Waals surface area contributed by atoms with Gasteiger partial charge >= 0.3 is 0 Å². The van der Waals surface area contributed by atoms with Crippen molar-refractivity contribution in [1.29, 1.82) is 0 Å². The van der Waals surface area contributed by atoms with Gasteiger partial charge in [-0.3, -0.25) is 0 Å². The van der Waals surface area contributed by atoms with Crippen LogP contribution in [0.15, 0.2) is 0 Å². The number of ether oxygens (including phenoxy) is 1. The normalized spacial score (nSPS) is 40.3. The van der Waals surface area contributed by atoms with Crippen LogP contribution in [0.25, 0.3) is 0 Å². The Hall–Kier alpha value is -0.160. The van der Waals surface area contributed by atoms with E-state index in [9.17, 15) is 5.11 Å². The first-order valence-electron chi connectivity index (χ1n) is 8.77. The molecule has 2 saturated heterocycles. The Kier molecular flexibility index (Phi) is 4.89. The van der Waals surface area contributed by atoms with Crippen LogP contribution in [0.5, 0.6) is 0 Å². The molecule has 2 heterocycles. The van der Waals surface area contributed by atoms with Crippen LogP contribution in [0.4, 0.5) is 0 Å². The van der Waals surface area contributed by atoms with Gasteiger partial charge in [0.2, 0.25) is 0 Å². The number of hydrogen-bond acceptors (Lipinski definition) is 4. The molecular formula is C17H32N2O2. The lowest BCUT2D eigenvalue weighted by Crippen LogP contribution is -2.45. The van der Waals surface area contributed by atoms with Gasteiger partial charge in [-0.05, 0) is 37.6 Å². The van der Waals surface area contributed by atoms with E-state index in [0.29, 0.717) is 17.3 Å². The summed E-state index contributed by atoms with van der Waals surface area (Å²) in [7, 11) is 0. The van der Waals surface area contributed by atoms with Gasteiger partial charge in [-0.2, -0.15) is 0 Å². The zero-order chi connectivity index (χ0) is 14.9. The van der Waals surface area contributed by atoms with E-state index >= 15 is 0 Å². The maximum atomic E-state index is 10.1. The van der Waals surface area contributed by atoms with Crippen LogP contribution in [0.2, 0.25) is 0 Å². The Morgan fingerprint density at radius 3 is 2.86 bits per heavy atom. The third-order valence-electron chi connectivity index (χ3n) is 5.69. The summed E-state index contributed by atoms with van der Waals surface area (Å²) in [5.74, 6) is 1.97. The molecule has 3 rings (SSSR count). The first-order valence-corrected chi connectivity index (χ1v) is 8.77. The van der Waals surface area contributed by atoms with E-state index < -0.39 is 0 Å². The zero-order valence-corrected chi connectivity index (χ0v) is 13.7. The molecule has 0 aromatic heterocycles. The summed E-state index contributed by atoms with van der Waals surface area (Å²) in [6, 6.07) is 0. The molecule has 1 saturated carbocycles. The number of nitrogens with one attached hydrogen (secondary N) is 1. The van der Waals surface area contributed by atoms with Crippen LogP contribution >= 0.6 is 0 Å². The fourth-order valence-corrected chi connectivity index (χ4v) is 4.53. The lowest BCUT2D eigenvalue weighted by molar-refractivity contribution is 0.0987. The number of aliphatic hydroxyl groups is 1. The molecule has 2 N–H and O–H groups in total. The summed E-state index contributed by atoms with van der Waals surface area (Å²) in [5, 5.41) is 13.7. The topological polar surface area (TPSA) is 44.7 Å². The number of rotatable bonds is 6. The van der Waals surface area contributed by atoms with Crippen LogP contribution in [0, 0.1) is 23.2 Å². The predicted octanol–water partition coefficient (Wildman–Crippen LogP) is 1.34. The molecule has 4 atom stereocenters. The lowest BCUT2D eigenvalue weighted by atomic mass is 9.86. The highest BCUT2D eigenvalue weighted by atomic mass is 16.5. The minimum Gasteiger partial charge on any atom is -0.393 e. The van der Waals surface area contributed by atoms with Crippen molar-refractivity contribution in [3.8, 4) is 0 Å². The number of aliphatic hydroxyl groups excluding tert-OH is 1. The smallest absolute Gasteiger partial charge is 0.0583 e. The van der Waals surface area contributed by atoms with E-state index in [2.05, 4.69) is 24.1 Å². The minimum atomic E-state index is -0.0464. The molecule has 122 valence electrons. The van der Waals surface area contributed by atoms with Gasteiger partial charge in [0.25, 0.3) is 0 Å². The van der Waals surface area contributed by atoms with E-state index in [1.165, 1.54) is 19.4 Å². The van der Waals surface area contributed by atoms with Gasteiger partial charge in [0, 0.05) is 44.1 Å². The fraction of sp³-hybridized carbons (Fsp3) is 1.00. The van der Waals surface area contributed by atoms with E-state index in [1.807, 2.05) is 0 Å². The highest BCUT2D eigenvalue weighted by molar-refractivity contribution is 4.97. The molecule has 4 heteroatoms. The third-order valence-corrected chi connectivity index (χ3v) is 5.69. The maximum absolute atomic E-state index is 10.1. The summed E-state index contributed by atoms with van der Waals surface area (Å²) in [4.78, 5) is 2.60. The second-order valence-corrected chi connectivity index (χ2v) is 8.09. The van der Waals surface area contributed by atoms with Gasteiger partial charge in [0.1, 0.15) is 0 Å². The van der Waals surface area contributed by atoms with E-state index in [0.717, 1.165) is 51.7 Å². The fourth-order valence-electron chi connectivity index (χ4n) is 4.53. The quantitative estimate of drug-likeness (QED) is 0.776. The number of fused-ring (bicyclic) bond motifs is 1. The van der Waals surface area contributed by atoms with Gasteiger partial charge in [-0.15, -0.1) is 0 Å². The maximum Gasteiger partial charge on any atom is 0.0583 e. The summed E-state index contributed by atoms with van der Waals surface area (Å²) < 4.78 is 5.73. The van der Waals surface area contributed by atoms with Gasteiger partial charge < -0.3 is 20.1 Å². The molecule has 4 unspecified atom stereocenters. The Labute approximate surface area is 129 Å². The lowest BCUT2D eigenvalue weighted by Gasteiger charge is -2.33. The molecular weight excluding hydrogens is 264 g/mol. The van der Waals surface area contributed by atoms with Crippen LogP contribution < -0.4 is 5.32 Å². The summed E-state index contributed by atoms with van der Waals surface area (Å²) in [5.41, 5.74) is 0.290. The molecule has 0 radical (unpaired) electrons. The third kappa shape index (κ3) is 3.61. The van der Waals surface area contributed by atoms with Crippen molar-refractivity contribution in [2.24, 2.45) is 23.2 Å². The van der Waals surface area contributed by atoms with Crippen molar-refractivity contribution >= 4 is 0 Å². The van der Waals surface area contributed by atoms with E-state index in [1.54, 1.807) is 0 Å². The van der Waals surface area contributed by atoms with Gasteiger partial charge in [0.15, 0.2) is 0 Å². The van der Waals surface area contributed by atoms with Gasteiger partial charge in [-0.25, -0.2) is 0 Å². The monoisotopic (exact) mass is 296 g/mol. The Bertz CT molecular complexity index is 342. The summed E-state index contributed by atoms with van der Waals surface area (Å²) >= 11 is 0. The second kappa shape index (κ2) is 6.53. The van der Waals surface area contributed by atoms with Crippen LogP contribution in [0.1, 0.15) is 33.1 Å². The van der Waals surface area contributed by atoms with E-state index in [4.69, 9.17) is 4.74 Å². The standard InChI is InChI=1S/C17H32N2O2/c1-13(2)7-18-10-17(5-6-21-12-17)11-19-8-14-3-4-16(20)15(14)9-19/h13-16,18,20H,3-12H2,1-2H3. The molecule has 0 bridgehead atoms.